The number of non-ortho nitro benzene ring substituents is 2. The normalized spacial score (nSPS) is 11.8. The fourth-order valence-corrected chi connectivity index (χ4v) is 5.44. The largest absolute Gasteiger partial charge is 0.269 e. The van der Waals surface area contributed by atoms with Crippen molar-refractivity contribution >= 4 is 46.8 Å². The summed E-state index contributed by atoms with van der Waals surface area (Å²) in [6.45, 7) is 0. The molecule has 6 rings (SSSR count). The molecule has 0 radical (unpaired) electrons. The van der Waals surface area contributed by atoms with Gasteiger partial charge < -0.3 is 0 Å². The molecule has 6 heteroatoms. The van der Waals surface area contributed by atoms with Crippen molar-refractivity contribution in [2.45, 2.75) is 0 Å². The van der Waals surface area contributed by atoms with Crippen molar-refractivity contribution in [3.05, 3.63) is 222 Å². The van der Waals surface area contributed by atoms with Crippen LogP contribution in [0.4, 0.5) is 11.4 Å². The predicted molar refractivity (Wildman–Crippen MR) is 195 cm³/mol. The third-order valence-electron chi connectivity index (χ3n) is 7.92. The van der Waals surface area contributed by atoms with Gasteiger partial charge in [-0.25, -0.2) is 0 Å². The molecule has 6 aromatic rings. The van der Waals surface area contributed by atoms with E-state index in [-0.39, 0.29) is 11.4 Å². The molecule has 0 saturated carbocycles. The van der Waals surface area contributed by atoms with E-state index in [2.05, 4.69) is 72.8 Å². The molecule has 0 aliphatic carbocycles. The Kier molecular flexibility index (Phi) is 9.54. The number of rotatable bonds is 10. The van der Waals surface area contributed by atoms with Crippen molar-refractivity contribution in [2.24, 2.45) is 0 Å². The summed E-state index contributed by atoms with van der Waals surface area (Å²) in [6.07, 6.45) is 7.88. The fraction of sp³-hybridized carbons (Fsp3) is 0. The molecule has 0 aliphatic heterocycles. The Morgan fingerprint density at radius 3 is 0.875 bits per heavy atom. The van der Waals surface area contributed by atoms with Gasteiger partial charge in [0.2, 0.25) is 0 Å². The Balaban J connectivity index is 1.37. The van der Waals surface area contributed by atoms with Gasteiger partial charge in [0, 0.05) is 24.3 Å². The second-order valence-corrected chi connectivity index (χ2v) is 11.1. The molecular formula is C42H30N2O4. The number of hydrogen-bond acceptors (Lipinski definition) is 4. The van der Waals surface area contributed by atoms with Crippen LogP contribution in [-0.2, 0) is 0 Å². The number of nitro benzene ring substituents is 2. The molecule has 0 saturated heterocycles. The summed E-state index contributed by atoms with van der Waals surface area (Å²) < 4.78 is 0. The Bertz CT molecular complexity index is 1960. The first-order chi connectivity index (χ1) is 23.4. The lowest BCUT2D eigenvalue weighted by molar-refractivity contribution is -0.385. The summed E-state index contributed by atoms with van der Waals surface area (Å²) in [5.41, 5.74) is 10.4. The topological polar surface area (TPSA) is 86.3 Å². The van der Waals surface area contributed by atoms with Crippen LogP contribution in [-0.4, -0.2) is 9.85 Å². The van der Waals surface area contributed by atoms with E-state index in [0.29, 0.717) is 0 Å². The fourth-order valence-electron chi connectivity index (χ4n) is 5.44. The minimum Gasteiger partial charge on any atom is -0.258 e. The van der Waals surface area contributed by atoms with Crippen LogP contribution in [0.25, 0.3) is 35.5 Å². The monoisotopic (exact) mass is 626 g/mol. The Labute approximate surface area is 278 Å². The van der Waals surface area contributed by atoms with Crippen molar-refractivity contribution in [1.29, 1.82) is 0 Å². The second kappa shape index (κ2) is 14.6. The third-order valence-corrected chi connectivity index (χ3v) is 7.92. The van der Waals surface area contributed by atoms with Crippen molar-refractivity contribution in [2.75, 3.05) is 0 Å². The molecule has 0 atom stereocenters. The highest BCUT2D eigenvalue weighted by Gasteiger charge is 2.16. The number of benzene rings is 6. The standard InChI is InChI=1S/C42H30N2O4/c45-43(46)39-27-19-33(20-28-39)13-11-31-15-23-37(24-16-31)41(35-7-3-1-4-8-35)42(36-9-5-2-6-10-36)38-25-17-32(18-26-38)12-14-34-21-29-40(30-22-34)44(47)48/h1-30H/b13-11+,14-12+,42-41+. The molecule has 0 N–H and O–H groups in total. The predicted octanol–water partition coefficient (Wildman–Crippen LogP) is 10.9. The Morgan fingerprint density at radius 1 is 0.354 bits per heavy atom. The molecule has 232 valence electrons. The maximum atomic E-state index is 11.0. The van der Waals surface area contributed by atoms with Gasteiger partial charge in [0.05, 0.1) is 9.85 Å². The van der Waals surface area contributed by atoms with Crippen LogP contribution in [0.2, 0.25) is 0 Å². The van der Waals surface area contributed by atoms with Crippen molar-refractivity contribution in [3.8, 4) is 0 Å². The average molecular weight is 627 g/mol. The van der Waals surface area contributed by atoms with E-state index in [4.69, 9.17) is 0 Å². The molecule has 6 nitrogen and oxygen atoms in total. The molecule has 48 heavy (non-hydrogen) atoms. The van der Waals surface area contributed by atoms with Crippen molar-refractivity contribution in [3.63, 3.8) is 0 Å². The highest BCUT2D eigenvalue weighted by molar-refractivity contribution is 6.04. The van der Waals surface area contributed by atoms with Gasteiger partial charge in [-0.1, -0.05) is 133 Å². The van der Waals surface area contributed by atoms with Crippen LogP contribution in [0, 0.1) is 20.2 Å². The lowest BCUT2D eigenvalue weighted by Crippen LogP contribution is -1.97. The first kappa shape index (κ1) is 31.3. The van der Waals surface area contributed by atoms with Crippen molar-refractivity contribution in [1.82, 2.24) is 0 Å². The van der Waals surface area contributed by atoms with Crippen LogP contribution in [0.5, 0.6) is 0 Å². The summed E-state index contributed by atoms with van der Waals surface area (Å²) in [5.74, 6) is 0. The summed E-state index contributed by atoms with van der Waals surface area (Å²) in [6, 6.07) is 50.5. The Morgan fingerprint density at radius 2 is 0.604 bits per heavy atom. The first-order valence-electron chi connectivity index (χ1n) is 15.4. The average Bonchev–Trinajstić information content (AvgIpc) is 3.14. The molecule has 0 bridgehead atoms. The van der Waals surface area contributed by atoms with Crippen molar-refractivity contribution < 1.29 is 9.85 Å². The van der Waals surface area contributed by atoms with E-state index >= 15 is 0 Å². The van der Waals surface area contributed by atoms with Crippen LogP contribution < -0.4 is 0 Å². The highest BCUT2D eigenvalue weighted by Crippen LogP contribution is 2.37. The summed E-state index contributed by atoms with van der Waals surface area (Å²) >= 11 is 0. The molecule has 0 fully saturated rings. The number of nitro groups is 2. The molecule has 6 aromatic carbocycles. The maximum Gasteiger partial charge on any atom is 0.269 e. The zero-order chi connectivity index (χ0) is 33.3. The van der Waals surface area contributed by atoms with Gasteiger partial charge >= 0.3 is 0 Å². The number of nitrogens with zero attached hydrogens (tertiary/aromatic N) is 2. The van der Waals surface area contributed by atoms with E-state index in [9.17, 15) is 20.2 Å². The van der Waals surface area contributed by atoms with E-state index in [1.54, 1.807) is 24.3 Å². The maximum absolute atomic E-state index is 11.0. The van der Waals surface area contributed by atoms with Crippen LogP contribution in [0.1, 0.15) is 44.5 Å². The SMILES string of the molecule is O=[N+]([O-])c1ccc(/C=C/c2ccc(/C(=C(\c3ccccc3)c3ccc(/C=C/c4ccc([N+](=O)[O-])cc4)cc3)c3ccccc3)cc2)cc1. The lowest BCUT2D eigenvalue weighted by Gasteiger charge is -2.18. The second-order valence-electron chi connectivity index (χ2n) is 11.1. The minimum atomic E-state index is -0.399. The first-order valence-corrected chi connectivity index (χ1v) is 15.4. The van der Waals surface area contributed by atoms with Gasteiger partial charge in [-0.3, -0.25) is 20.2 Å². The summed E-state index contributed by atoms with van der Waals surface area (Å²) in [4.78, 5) is 21.2. The van der Waals surface area contributed by atoms with Crippen LogP contribution in [0.3, 0.4) is 0 Å². The van der Waals surface area contributed by atoms with Gasteiger partial charge in [-0.05, 0) is 79.9 Å². The lowest BCUT2D eigenvalue weighted by atomic mass is 9.85. The highest BCUT2D eigenvalue weighted by atomic mass is 16.6. The summed E-state index contributed by atoms with van der Waals surface area (Å²) in [5, 5.41) is 22.0. The molecule has 0 amide bonds. The van der Waals surface area contributed by atoms with E-state index in [1.807, 2.05) is 60.7 Å². The Hall–Kier alpha value is -6.66. The quantitative estimate of drug-likeness (QED) is 0.0860. The molecule has 0 spiro atoms. The zero-order valence-corrected chi connectivity index (χ0v) is 25.8. The third kappa shape index (κ3) is 7.58. The minimum absolute atomic E-state index is 0.0688. The van der Waals surface area contributed by atoms with E-state index in [0.717, 1.165) is 55.7 Å². The number of hydrogen-bond donors (Lipinski definition) is 0. The van der Waals surface area contributed by atoms with Gasteiger partial charge in [0.25, 0.3) is 11.4 Å². The van der Waals surface area contributed by atoms with E-state index < -0.39 is 9.85 Å². The van der Waals surface area contributed by atoms with Gasteiger partial charge in [0.15, 0.2) is 0 Å². The molecule has 0 heterocycles. The molecule has 0 unspecified atom stereocenters. The molecule has 0 aromatic heterocycles. The van der Waals surface area contributed by atoms with Crippen LogP contribution in [0.15, 0.2) is 158 Å². The zero-order valence-electron chi connectivity index (χ0n) is 25.8. The van der Waals surface area contributed by atoms with Crippen LogP contribution >= 0.6 is 0 Å². The summed E-state index contributed by atoms with van der Waals surface area (Å²) in [7, 11) is 0. The van der Waals surface area contributed by atoms with Gasteiger partial charge in [-0.2, -0.15) is 0 Å². The van der Waals surface area contributed by atoms with Gasteiger partial charge in [-0.15, -0.1) is 0 Å². The van der Waals surface area contributed by atoms with Gasteiger partial charge in [0.1, 0.15) is 0 Å². The molecule has 0 aliphatic rings. The van der Waals surface area contributed by atoms with E-state index in [1.165, 1.54) is 24.3 Å². The smallest absolute Gasteiger partial charge is 0.258 e. The molecular weight excluding hydrogens is 596 g/mol.